The van der Waals surface area contributed by atoms with Crippen molar-refractivity contribution in [3.63, 3.8) is 0 Å². The molecule has 7 nitrogen and oxygen atoms in total. The molecule has 0 saturated carbocycles. The smallest absolute Gasteiger partial charge is 0.241 e. The molecule has 1 saturated heterocycles. The molecule has 1 fully saturated rings. The number of nitrogens with zero attached hydrogens (tertiary/aromatic N) is 5. The van der Waals surface area contributed by atoms with E-state index in [-0.39, 0.29) is 17.8 Å². The van der Waals surface area contributed by atoms with Gasteiger partial charge >= 0.3 is 0 Å². The van der Waals surface area contributed by atoms with Crippen LogP contribution in [0.5, 0.6) is 0 Å². The second kappa shape index (κ2) is 8.97. The van der Waals surface area contributed by atoms with Crippen LogP contribution >= 0.6 is 11.3 Å². The topological polar surface area (TPSA) is 75.4 Å². The van der Waals surface area contributed by atoms with Crippen molar-refractivity contribution < 1.29 is 18.1 Å². The highest BCUT2D eigenvalue weighted by Gasteiger charge is 2.27. The Kier molecular flexibility index (Phi) is 6.14. The van der Waals surface area contributed by atoms with Gasteiger partial charge in [-0.15, -0.1) is 11.3 Å². The fourth-order valence-electron chi connectivity index (χ4n) is 3.63. The minimum Gasteiger partial charge on any atom is -0.343 e. The number of hydrogen-bond donors (Lipinski definition) is 0. The van der Waals surface area contributed by atoms with E-state index in [9.17, 15) is 13.6 Å². The van der Waals surface area contributed by atoms with Gasteiger partial charge in [0.15, 0.2) is 11.6 Å². The van der Waals surface area contributed by atoms with E-state index in [1.165, 1.54) is 6.07 Å². The van der Waals surface area contributed by atoms with E-state index in [0.717, 1.165) is 29.9 Å². The average Bonchev–Trinajstić information content (AvgIpc) is 3.42. The van der Waals surface area contributed by atoms with Crippen LogP contribution in [0.15, 0.2) is 34.4 Å². The summed E-state index contributed by atoms with van der Waals surface area (Å²) < 4.78 is 32.1. The molecule has 1 aliphatic heterocycles. The average molecular weight is 433 g/mol. The van der Waals surface area contributed by atoms with Crippen LogP contribution in [-0.2, 0) is 17.9 Å². The van der Waals surface area contributed by atoms with Crippen molar-refractivity contribution in [3.05, 3.63) is 52.3 Å². The molecule has 30 heavy (non-hydrogen) atoms. The summed E-state index contributed by atoms with van der Waals surface area (Å²) in [7, 11) is 0. The SMILES string of the molecule is CC(=O)N1CCC(N(Cc2nc(-c3ccc(F)c(F)c3)no2)Cc2cncs2)CC1. The van der Waals surface area contributed by atoms with Crippen LogP contribution in [0.25, 0.3) is 11.4 Å². The Balaban J connectivity index is 1.50. The summed E-state index contributed by atoms with van der Waals surface area (Å²) in [5, 5.41) is 3.92. The van der Waals surface area contributed by atoms with E-state index in [0.29, 0.717) is 37.6 Å². The summed E-state index contributed by atoms with van der Waals surface area (Å²) >= 11 is 1.58. The molecule has 3 heterocycles. The Morgan fingerprint density at radius 2 is 2.07 bits per heavy atom. The molecule has 0 aliphatic carbocycles. The van der Waals surface area contributed by atoms with Crippen LogP contribution in [0.1, 0.15) is 30.5 Å². The van der Waals surface area contributed by atoms with Crippen LogP contribution < -0.4 is 0 Å². The van der Waals surface area contributed by atoms with Gasteiger partial charge in [0.2, 0.25) is 17.6 Å². The largest absolute Gasteiger partial charge is 0.343 e. The quantitative estimate of drug-likeness (QED) is 0.593. The minimum atomic E-state index is -0.956. The maximum absolute atomic E-state index is 13.5. The third-order valence-corrected chi connectivity index (χ3v) is 6.02. The van der Waals surface area contributed by atoms with Gasteiger partial charge in [0.25, 0.3) is 0 Å². The highest BCUT2D eigenvalue weighted by Crippen LogP contribution is 2.24. The van der Waals surface area contributed by atoms with Gasteiger partial charge in [-0.05, 0) is 31.0 Å². The van der Waals surface area contributed by atoms with Crippen LogP contribution in [0.3, 0.4) is 0 Å². The van der Waals surface area contributed by atoms with Crippen molar-refractivity contribution in [1.82, 2.24) is 24.9 Å². The molecule has 2 aromatic heterocycles. The first-order chi connectivity index (χ1) is 14.5. The van der Waals surface area contributed by atoms with Gasteiger partial charge in [-0.25, -0.2) is 8.78 Å². The molecule has 3 aromatic rings. The summed E-state index contributed by atoms with van der Waals surface area (Å²) in [6.45, 7) is 4.11. The molecule has 0 radical (unpaired) electrons. The minimum absolute atomic E-state index is 0.0931. The highest BCUT2D eigenvalue weighted by molar-refractivity contribution is 7.09. The molecular weight excluding hydrogens is 412 g/mol. The summed E-state index contributed by atoms with van der Waals surface area (Å²) in [5.41, 5.74) is 2.15. The molecular formula is C20H21F2N5O2S. The predicted octanol–water partition coefficient (Wildman–Crippen LogP) is 3.48. The lowest BCUT2D eigenvalue weighted by Crippen LogP contribution is -2.45. The lowest BCUT2D eigenvalue weighted by atomic mass is 10.0. The van der Waals surface area contributed by atoms with E-state index >= 15 is 0 Å². The lowest BCUT2D eigenvalue weighted by molar-refractivity contribution is -0.130. The summed E-state index contributed by atoms with van der Waals surface area (Å²) in [5.74, 6) is -1.17. The maximum Gasteiger partial charge on any atom is 0.241 e. The van der Waals surface area contributed by atoms with Crippen molar-refractivity contribution in [2.75, 3.05) is 13.1 Å². The van der Waals surface area contributed by atoms with Crippen LogP contribution in [0.2, 0.25) is 0 Å². The van der Waals surface area contributed by atoms with Crippen molar-refractivity contribution in [1.29, 1.82) is 0 Å². The Bertz CT molecular complexity index is 1000. The van der Waals surface area contributed by atoms with E-state index in [1.54, 1.807) is 23.8 Å². The van der Waals surface area contributed by atoms with Gasteiger partial charge in [-0.3, -0.25) is 14.7 Å². The molecule has 0 N–H and O–H groups in total. The molecule has 10 heteroatoms. The van der Waals surface area contributed by atoms with E-state index in [4.69, 9.17) is 4.52 Å². The number of carbonyl (C=O) groups is 1. The normalized spacial score (nSPS) is 15.1. The van der Waals surface area contributed by atoms with E-state index in [1.807, 2.05) is 11.1 Å². The number of aromatic nitrogens is 3. The first-order valence-electron chi connectivity index (χ1n) is 9.64. The number of thiazole rings is 1. The zero-order chi connectivity index (χ0) is 21.1. The highest BCUT2D eigenvalue weighted by atomic mass is 32.1. The van der Waals surface area contributed by atoms with Crippen molar-refractivity contribution >= 4 is 17.2 Å². The number of rotatable bonds is 6. The zero-order valence-electron chi connectivity index (χ0n) is 16.4. The number of likely N-dealkylation sites (tertiary alicyclic amines) is 1. The summed E-state index contributed by atoms with van der Waals surface area (Å²) in [6.07, 6.45) is 3.54. The molecule has 0 atom stereocenters. The van der Waals surface area contributed by atoms with Gasteiger partial charge in [0.05, 0.1) is 12.1 Å². The van der Waals surface area contributed by atoms with Crippen molar-refractivity contribution in [2.45, 2.75) is 38.9 Å². The second-order valence-corrected chi connectivity index (χ2v) is 8.22. The third kappa shape index (κ3) is 4.71. The number of hydrogen-bond acceptors (Lipinski definition) is 7. The first kappa shape index (κ1) is 20.5. The number of halogens is 2. The molecule has 0 spiro atoms. The van der Waals surface area contributed by atoms with Gasteiger partial charge in [-0.1, -0.05) is 5.16 Å². The fourth-order valence-corrected chi connectivity index (χ4v) is 4.24. The Morgan fingerprint density at radius 1 is 1.27 bits per heavy atom. The van der Waals surface area contributed by atoms with Crippen LogP contribution in [-0.4, -0.2) is 50.0 Å². The van der Waals surface area contributed by atoms with E-state index in [2.05, 4.69) is 20.0 Å². The van der Waals surface area contributed by atoms with Gasteiger partial charge in [0, 0.05) is 49.2 Å². The zero-order valence-corrected chi connectivity index (χ0v) is 17.2. The number of benzene rings is 1. The second-order valence-electron chi connectivity index (χ2n) is 7.25. The number of carbonyl (C=O) groups excluding carboxylic acids is 1. The molecule has 1 aromatic carbocycles. The molecule has 1 aliphatic rings. The fraction of sp³-hybridized carbons (Fsp3) is 0.400. The molecule has 0 bridgehead atoms. The predicted molar refractivity (Wildman–Crippen MR) is 106 cm³/mol. The van der Waals surface area contributed by atoms with Crippen molar-refractivity contribution in [2.24, 2.45) is 0 Å². The first-order valence-corrected chi connectivity index (χ1v) is 10.5. The van der Waals surface area contributed by atoms with Crippen LogP contribution in [0, 0.1) is 11.6 Å². The maximum atomic E-state index is 13.5. The molecule has 0 unspecified atom stereocenters. The van der Waals surface area contributed by atoms with Gasteiger partial charge < -0.3 is 9.42 Å². The Morgan fingerprint density at radius 3 is 2.73 bits per heavy atom. The molecule has 158 valence electrons. The van der Waals surface area contributed by atoms with Gasteiger partial charge in [0.1, 0.15) is 0 Å². The molecule has 4 rings (SSSR count). The van der Waals surface area contributed by atoms with Crippen molar-refractivity contribution in [3.8, 4) is 11.4 Å². The number of amides is 1. The summed E-state index contributed by atoms with van der Waals surface area (Å²) in [4.78, 5) is 25.4. The van der Waals surface area contributed by atoms with Crippen LogP contribution in [0.4, 0.5) is 8.78 Å². The molecule has 1 amide bonds. The van der Waals surface area contributed by atoms with Gasteiger partial charge in [-0.2, -0.15) is 4.98 Å². The summed E-state index contributed by atoms with van der Waals surface area (Å²) in [6, 6.07) is 3.76. The Hall–Kier alpha value is -2.72. The lowest BCUT2D eigenvalue weighted by Gasteiger charge is -2.37. The third-order valence-electron chi connectivity index (χ3n) is 5.25. The van der Waals surface area contributed by atoms with E-state index < -0.39 is 11.6 Å². The standard InChI is InChI=1S/C20H21F2N5O2S/c1-13(28)26-6-4-15(5-7-26)27(10-16-9-23-12-30-16)11-19-24-20(25-29-19)14-2-3-17(21)18(22)8-14/h2-3,8-9,12,15H,4-7,10-11H2,1H3. The monoisotopic (exact) mass is 433 g/mol. The Labute approximate surface area is 176 Å². The number of piperidine rings is 1.